The first-order valence-electron chi connectivity index (χ1n) is 7.73. The van der Waals surface area contributed by atoms with Crippen molar-refractivity contribution >= 4 is 22.3 Å². The third-order valence-corrected chi connectivity index (χ3v) is 4.76. The molecule has 24 heavy (non-hydrogen) atoms. The van der Waals surface area contributed by atoms with Gasteiger partial charge in [-0.1, -0.05) is 24.7 Å². The van der Waals surface area contributed by atoms with Crippen LogP contribution in [0.25, 0.3) is 4.96 Å². The van der Waals surface area contributed by atoms with Crippen molar-refractivity contribution in [1.29, 1.82) is 0 Å². The van der Waals surface area contributed by atoms with Gasteiger partial charge in [0.1, 0.15) is 10.7 Å². The molecule has 1 fully saturated rings. The number of halogens is 2. The average Bonchev–Trinajstić information content (AvgIpc) is 3.15. The highest BCUT2D eigenvalue weighted by Crippen LogP contribution is 2.28. The Hall–Kier alpha value is -1.81. The highest BCUT2D eigenvalue weighted by atomic mass is 32.1. The number of carbonyl (C=O) groups is 1. The average molecular weight is 359 g/mol. The molecule has 2 amide bonds. The lowest BCUT2D eigenvalue weighted by Crippen LogP contribution is -2.29. The zero-order chi connectivity index (χ0) is 17.3. The highest BCUT2D eigenvalue weighted by Gasteiger charge is 2.31. The van der Waals surface area contributed by atoms with Crippen molar-refractivity contribution in [3.8, 4) is 0 Å². The third-order valence-electron chi connectivity index (χ3n) is 3.88. The van der Waals surface area contributed by atoms with E-state index < -0.39 is 6.43 Å². The van der Waals surface area contributed by atoms with E-state index in [0.29, 0.717) is 23.1 Å². The Balaban J connectivity index is 1.89. The lowest BCUT2D eigenvalue weighted by atomic mass is 10.2. The Bertz CT molecular complexity index is 732. The standard InChI is InChI=1S/C14H19F2N5O2S/c1-3-4-8-5-20(13(22)17-8)6-9-11(12(15)16)18-14-21(9)19-10(24-14)7-23-2/h8,12H,3-7H2,1-2H3,(H,17,22). The summed E-state index contributed by atoms with van der Waals surface area (Å²) in [5.74, 6) is 0. The fraction of sp³-hybridized carbons (Fsp3) is 0.643. The Morgan fingerprint density at radius 3 is 2.96 bits per heavy atom. The molecule has 10 heteroatoms. The van der Waals surface area contributed by atoms with E-state index in [1.807, 2.05) is 6.92 Å². The largest absolute Gasteiger partial charge is 0.377 e. The molecule has 1 unspecified atom stereocenters. The zero-order valence-corrected chi connectivity index (χ0v) is 14.3. The second-order valence-corrected chi connectivity index (χ2v) is 6.72. The molecule has 3 rings (SSSR count). The molecule has 1 saturated heterocycles. The molecule has 0 radical (unpaired) electrons. The van der Waals surface area contributed by atoms with Gasteiger partial charge in [0.2, 0.25) is 4.96 Å². The SMILES string of the molecule is CCCC1CN(Cc2c(C(F)F)nc3sc(COC)nn23)C(=O)N1. The molecule has 0 bridgehead atoms. The van der Waals surface area contributed by atoms with E-state index in [4.69, 9.17) is 4.74 Å². The summed E-state index contributed by atoms with van der Waals surface area (Å²) in [6.45, 7) is 2.89. The van der Waals surface area contributed by atoms with Gasteiger partial charge in [0.15, 0.2) is 0 Å². The minimum absolute atomic E-state index is 0.0559. The van der Waals surface area contributed by atoms with Gasteiger partial charge in [0.25, 0.3) is 6.43 Å². The summed E-state index contributed by atoms with van der Waals surface area (Å²) in [6.07, 6.45) is -0.901. The van der Waals surface area contributed by atoms with Gasteiger partial charge < -0.3 is 15.0 Å². The Morgan fingerprint density at radius 1 is 1.50 bits per heavy atom. The number of aromatic nitrogens is 3. The molecule has 2 aromatic rings. The third kappa shape index (κ3) is 3.20. The number of alkyl halides is 2. The number of hydrogen-bond donors (Lipinski definition) is 1. The van der Waals surface area contributed by atoms with Gasteiger partial charge in [0, 0.05) is 19.7 Å². The second-order valence-electron chi connectivity index (χ2n) is 5.68. The molecule has 0 aliphatic carbocycles. The van der Waals surface area contributed by atoms with E-state index in [0.717, 1.165) is 12.8 Å². The second kappa shape index (κ2) is 6.98. The number of methoxy groups -OCH3 is 1. The molecule has 3 heterocycles. The molecule has 2 aromatic heterocycles. The van der Waals surface area contributed by atoms with Crippen LogP contribution < -0.4 is 5.32 Å². The van der Waals surface area contributed by atoms with E-state index in [2.05, 4.69) is 15.4 Å². The number of carbonyl (C=O) groups excluding carboxylic acids is 1. The van der Waals surface area contributed by atoms with Crippen LogP contribution in [-0.2, 0) is 17.9 Å². The summed E-state index contributed by atoms with van der Waals surface area (Å²) < 4.78 is 33.1. The Morgan fingerprint density at radius 2 is 2.29 bits per heavy atom. The molecule has 1 N–H and O–H groups in total. The number of fused-ring (bicyclic) bond motifs is 1. The lowest BCUT2D eigenvalue weighted by molar-refractivity contribution is 0.143. The summed E-state index contributed by atoms with van der Waals surface area (Å²) in [7, 11) is 1.54. The van der Waals surface area contributed by atoms with Gasteiger partial charge in [-0.3, -0.25) is 0 Å². The summed E-state index contributed by atoms with van der Waals surface area (Å²) in [5.41, 5.74) is -0.0599. The minimum atomic E-state index is -2.71. The molecule has 0 spiro atoms. The van der Waals surface area contributed by atoms with Crippen molar-refractivity contribution in [2.24, 2.45) is 0 Å². The lowest BCUT2D eigenvalue weighted by Gasteiger charge is -2.14. The van der Waals surface area contributed by atoms with Gasteiger partial charge in [-0.05, 0) is 6.42 Å². The number of hydrogen-bond acceptors (Lipinski definition) is 5. The molecule has 132 valence electrons. The van der Waals surface area contributed by atoms with E-state index in [9.17, 15) is 13.6 Å². The molecule has 0 saturated carbocycles. The molecule has 1 aliphatic rings. The van der Waals surface area contributed by atoms with Crippen LogP contribution in [0.15, 0.2) is 0 Å². The van der Waals surface area contributed by atoms with Crippen LogP contribution >= 0.6 is 11.3 Å². The van der Waals surface area contributed by atoms with Crippen LogP contribution in [0.5, 0.6) is 0 Å². The highest BCUT2D eigenvalue weighted by molar-refractivity contribution is 7.16. The summed E-state index contributed by atoms with van der Waals surface area (Å²) >= 11 is 1.20. The van der Waals surface area contributed by atoms with Crippen molar-refractivity contribution in [3.63, 3.8) is 0 Å². The van der Waals surface area contributed by atoms with Crippen LogP contribution in [0, 0.1) is 0 Å². The summed E-state index contributed by atoms with van der Waals surface area (Å²) in [5, 5.41) is 7.81. The number of nitrogens with zero attached hydrogens (tertiary/aromatic N) is 4. The van der Waals surface area contributed by atoms with Gasteiger partial charge in [-0.2, -0.15) is 5.10 Å². The van der Waals surface area contributed by atoms with Crippen molar-refractivity contribution in [2.75, 3.05) is 13.7 Å². The van der Waals surface area contributed by atoms with Crippen LogP contribution in [0.3, 0.4) is 0 Å². The van der Waals surface area contributed by atoms with Crippen molar-refractivity contribution < 1.29 is 18.3 Å². The van der Waals surface area contributed by atoms with Crippen LogP contribution in [-0.4, -0.2) is 45.2 Å². The van der Waals surface area contributed by atoms with Gasteiger partial charge in [-0.25, -0.2) is 23.1 Å². The summed E-state index contributed by atoms with van der Waals surface area (Å²) in [6, 6.07) is -0.184. The number of nitrogens with one attached hydrogen (secondary N) is 1. The predicted molar refractivity (Wildman–Crippen MR) is 84.2 cm³/mol. The van der Waals surface area contributed by atoms with E-state index in [-0.39, 0.29) is 30.0 Å². The molecular formula is C14H19F2N5O2S. The maximum absolute atomic E-state index is 13.3. The quantitative estimate of drug-likeness (QED) is 0.825. The van der Waals surface area contributed by atoms with E-state index >= 15 is 0 Å². The van der Waals surface area contributed by atoms with Crippen LogP contribution in [0.1, 0.15) is 42.6 Å². The maximum atomic E-state index is 13.3. The molecule has 1 aliphatic heterocycles. The van der Waals surface area contributed by atoms with Gasteiger partial charge in [0.05, 0.1) is 18.8 Å². The first-order valence-corrected chi connectivity index (χ1v) is 8.54. The first-order chi connectivity index (χ1) is 11.5. The minimum Gasteiger partial charge on any atom is -0.377 e. The fourth-order valence-electron chi connectivity index (χ4n) is 2.84. The summed E-state index contributed by atoms with van der Waals surface area (Å²) in [4.78, 5) is 18.0. The van der Waals surface area contributed by atoms with Crippen molar-refractivity contribution in [3.05, 3.63) is 16.4 Å². The number of imidazole rings is 1. The van der Waals surface area contributed by atoms with Gasteiger partial charge >= 0.3 is 6.03 Å². The topological polar surface area (TPSA) is 71.8 Å². The molecule has 0 aromatic carbocycles. The Kier molecular flexibility index (Phi) is 4.95. The Labute approximate surface area is 141 Å². The van der Waals surface area contributed by atoms with Crippen molar-refractivity contribution in [2.45, 2.75) is 45.4 Å². The maximum Gasteiger partial charge on any atom is 0.318 e. The molecule has 7 nitrogen and oxygen atoms in total. The monoisotopic (exact) mass is 359 g/mol. The normalized spacial score (nSPS) is 18.1. The zero-order valence-electron chi connectivity index (χ0n) is 13.5. The van der Waals surface area contributed by atoms with Crippen molar-refractivity contribution in [1.82, 2.24) is 24.8 Å². The van der Waals surface area contributed by atoms with E-state index in [1.54, 1.807) is 0 Å². The van der Waals surface area contributed by atoms with Crippen LogP contribution in [0.2, 0.25) is 0 Å². The fourth-order valence-corrected chi connectivity index (χ4v) is 3.73. The smallest absolute Gasteiger partial charge is 0.318 e. The number of urea groups is 1. The predicted octanol–water partition coefficient (Wildman–Crippen LogP) is 2.57. The van der Waals surface area contributed by atoms with E-state index in [1.165, 1.54) is 27.9 Å². The number of amides is 2. The molecular weight excluding hydrogens is 340 g/mol. The number of rotatable bonds is 7. The van der Waals surface area contributed by atoms with Gasteiger partial charge in [-0.15, -0.1) is 0 Å². The number of ether oxygens (including phenoxy) is 1. The van der Waals surface area contributed by atoms with Crippen LogP contribution in [0.4, 0.5) is 13.6 Å². The first kappa shape index (κ1) is 17.0. The molecule has 1 atom stereocenters.